The number of nitrogens with one attached hydrogen (secondary N) is 1. The molecule has 0 aliphatic carbocycles. The summed E-state index contributed by atoms with van der Waals surface area (Å²) in [5.74, 6) is 0.833. The molecule has 4 nitrogen and oxygen atoms in total. The number of hydrogen-bond acceptors (Lipinski definition) is 3. The van der Waals surface area contributed by atoms with Gasteiger partial charge in [0.1, 0.15) is 12.4 Å². The molecule has 0 spiro atoms. The highest BCUT2D eigenvalue weighted by Crippen LogP contribution is 2.26. The Morgan fingerprint density at radius 2 is 2.19 bits per heavy atom. The molecule has 1 N–H and O–H groups in total. The minimum Gasteiger partial charge on any atom is -0.491 e. The first-order valence-corrected chi connectivity index (χ1v) is 5.34. The van der Waals surface area contributed by atoms with E-state index in [0.717, 1.165) is 17.9 Å². The molecule has 0 aromatic heterocycles. The van der Waals surface area contributed by atoms with Crippen molar-refractivity contribution >= 4 is 11.6 Å². The molecule has 0 bridgehead atoms. The summed E-state index contributed by atoms with van der Waals surface area (Å²) in [5.41, 5.74) is 2.03. The Balaban J connectivity index is 2.06. The van der Waals surface area contributed by atoms with Gasteiger partial charge in [-0.25, -0.2) is 0 Å². The number of methoxy groups -OCH3 is 1. The van der Waals surface area contributed by atoms with Crippen LogP contribution in [0.15, 0.2) is 18.2 Å². The van der Waals surface area contributed by atoms with E-state index in [0.29, 0.717) is 19.6 Å². The van der Waals surface area contributed by atoms with Crippen molar-refractivity contribution in [2.24, 2.45) is 0 Å². The molecule has 16 heavy (non-hydrogen) atoms. The zero-order valence-electron chi connectivity index (χ0n) is 9.29. The summed E-state index contributed by atoms with van der Waals surface area (Å²) in [6.07, 6.45) is 1.37. The van der Waals surface area contributed by atoms with E-state index in [2.05, 4.69) is 5.32 Å². The Morgan fingerprint density at radius 3 is 3.00 bits per heavy atom. The van der Waals surface area contributed by atoms with Gasteiger partial charge in [0.05, 0.1) is 6.61 Å². The molecule has 0 fully saturated rings. The van der Waals surface area contributed by atoms with E-state index < -0.39 is 0 Å². The van der Waals surface area contributed by atoms with E-state index >= 15 is 0 Å². The van der Waals surface area contributed by atoms with Gasteiger partial charge >= 0.3 is 0 Å². The van der Waals surface area contributed by atoms with Crippen LogP contribution in [0.3, 0.4) is 0 Å². The second-order valence-corrected chi connectivity index (χ2v) is 3.71. The third-order valence-corrected chi connectivity index (χ3v) is 2.53. The molecule has 86 valence electrons. The van der Waals surface area contributed by atoms with E-state index in [1.54, 1.807) is 7.11 Å². The molecule has 0 saturated heterocycles. The SMILES string of the molecule is COCCOc1ccc2c(c1)NC(=O)CC2. The number of amides is 1. The van der Waals surface area contributed by atoms with Crippen molar-refractivity contribution in [3.8, 4) is 5.75 Å². The Hall–Kier alpha value is -1.55. The molecule has 2 rings (SSSR count). The first-order valence-electron chi connectivity index (χ1n) is 5.34. The smallest absolute Gasteiger partial charge is 0.224 e. The molecule has 1 amide bonds. The molecule has 1 aliphatic heterocycles. The Morgan fingerprint density at radius 1 is 1.31 bits per heavy atom. The largest absolute Gasteiger partial charge is 0.491 e. The van der Waals surface area contributed by atoms with E-state index in [9.17, 15) is 4.79 Å². The quantitative estimate of drug-likeness (QED) is 0.785. The average Bonchev–Trinajstić information content (AvgIpc) is 2.29. The second-order valence-electron chi connectivity index (χ2n) is 3.71. The van der Waals surface area contributed by atoms with Crippen molar-refractivity contribution in [2.75, 3.05) is 25.6 Å². The van der Waals surface area contributed by atoms with Gasteiger partial charge in [-0.3, -0.25) is 4.79 Å². The minimum atomic E-state index is 0.0709. The summed E-state index contributed by atoms with van der Waals surface area (Å²) in [6.45, 7) is 1.08. The van der Waals surface area contributed by atoms with Crippen LogP contribution >= 0.6 is 0 Å². The fraction of sp³-hybridized carbons (Fsp3) is 0.417. The van der Waals surface area contributed by atoms with Gasteiger partial charge in [0.2, 0.25) is 5.91 Å². The maximum Gasteiger partial charge on any atom is 0.224 e. The number of carbonyl (C=O) groups is 1. The van der Waals surface area contributed by atoms with E-state index in [1.807, 2.05) is 18.2 Å². The summed E-state index contributed by atoms with van der Waals surface area (Å²) in [6, 6.07) is 5.78. The van der Waals surface area contributed by atoms with Crippen LogP contribution in [0.25, 0.3) is 0 Å². The van der Waals surface area contributed by atoms with Crippen molar-refractivity contribution in [1.29, 1.82) is 0 Å². The first-order chi connectivity index (χ1) is 7.79. The van der Waals surface area contributed by atoms with Crippen LogP contribution in [0.5, 0.6) is 5.75 Å². The fourth-order valence-electron chi connectivity index (χ4n) is 1.68. The molecule has 0 radical (unpaired) electrons. The average molecular weight is 221 g/mol. The van der Waals surface area contributed by atoms with Crippen molar-refractivity contribution in [3.63, 3.8) is 0 Å². The van der Waals surface area contributed by atoms with E-state index in [-0.39, 0.29) is 5.91 Å². The van der Waals surface area contributed by atoms with Crippen LogP contribution in [0, 0.1) is 0 Å². The molecule has 0 atom stereocenters. The maximum absolute atomic E-state index is 11.2. The van der Waals surface area contributed by atoms with Crippen molar-refractivity contribution in [1.82, 2.24) is 0 Å². The Kier molecular flexibility index (Phi) is 3.41. The molecule has 0 saturated carbocycles. The molecular formula is C12H15NO3. The van der Waals surface area contributed by atoms with Crippen LogP contribution in [0.4, 0.5) is 5.69 Å². The summed E-state index contributed by atoms with van der Waals surface area (Å²) in [5, 5.41) is 2.84. The number of ether oxygens (including phenoxy) is 2. The molecule has 4 heteroatoms. The summed E-state index contributed by atoms with van der Waals surface area (Å²) >= 11 is 0. The Bertz CT molecular complexity index is 390. The lowest BCUT2D eigenvalue weighted by Crippen LogP contribution is -2.18. The molecule has 1 aromatic rings. The van der Waals surface area contributed by atoms with Gasteiger partial charge in [-0.2, -0.15) is 0 Å². The molecule has 1 aliphatic rings. The van der Waals surface area contributed by atoms with Gasteiger partial charge in [0, 0.05) is 25.3 Å². The zero-order valence-corrected chi connectivity index (χ0v) is 9.29. The number of rotatable bonds is 4. The van der Waals surface area contributed by atoms with Crippen molar-refractivity contribution in [3.05, 3.63) is 23.8 Å². The van der Waals surface area contributed by atoms with Crippen molar-refractivity contribution < 1.29 is 14.3 Å². The standard InChI is InChI=1S/C12H15NO3/c1-15-6-7-16-10-4-2-9-3-5-12(14)13-11(9)8-10/h2,4,8H,3,5-7H2,1H3,(H,13,14). The van der Waals surface area contributed by atoms with E-state index in [1.165, 1.54) is 5.56 Å². The van der Waals surface area contributed by atoms with Gasteiger partial charge in [0.15, 0.2) is 0 Å². The maximum atomic E-state index is 11.2. The van der Waals surface area contributed by atoms with E-state index in [4.69, 9.17) is 9.47 Å². The van der Waals surface area contributed by atoms with Gasteiger partial charge in [0.25, 0.3) is 0 Å². The monoisotopic (exact) mass is 221 g/mol. The first kappa shape index (κ1) is 11.0. The fourth-order valence-corrected chi connectivity index (χ4v) is 1.68. The molecule has 1 aromatic carbocycles. The number of carbonyl (C=O) groups excluding carboxylic acids is 1. The Labute approximate surface area is 94.6 Å². The summed E-state index contributed by atoms with van der Waals surface area (Å²) in [4.78, 5) is 11.2. The number of benzene rings is 1. The van der Waals surface area contributed by atoms with Gasteiger partial charge < -0.3 is 14.8 Å². The molecular weight excluding hydrogens is 206 g/mol. The third kappa shape index (κ3) is 2.52. The number of fused-ring (bicyclic) bond motifs is 1. The lowest BCUT2D eigenvalue weighted by atomic mass is 10.0. The molecule has 1 heterocycles. The minimum absolute atomic E-state index is 0.0709. The number of anilines is 1. The predicted molar refractivity (Wildman–Crippen MR) is 60.8 cm³/mol. The zero-order chi connectivity index (χ0) is 11.4. The second kappa shape index (κ2) is 4.99. The third-order valence-electron chi connectivity index (χ3n) is 2.53. The summed E-state index contributed by atoms with van der Waals surface area (Å²) < 4.78 is 10.4. The van der Waals surface area contributed by atoms with Crippen LogP contribution in [0.1, 0.15) is 12.0 Å². The van der Waals surface area contributed by atoms with Crippen LogP contribution in [-0.2, 0) is 16.0 Å². The number of hydrogen-bond donors (Lipinski definition) is 1. The summed E-state index contributed by atoms with van der Waals surface area (Å²) in [7, 11) is 1.64. The van der Waals surface area contributed by atoms with Crippen LogP contribution in [0.2, 0.25) is 0 Å². The highest BCUT2D eigenvalue weighted by Gasteiger charge is 2.14. The topological polar surface area (TPSA) is 47.6 Å². The lowest BCUT2D eigenvalue weighted by molar-refractivity contribution is -0.116. The van der Waals surface area contributed by atoms with Crippen LogP contribution in [-0.4, -0.2) is 26.2 Å². The van der Waals surface area contributed by atoms with Crippen molar-refractivity contribution in [2.45, 2.75) is 12.8 Å². The number of aryl methyl sites for hydroxylation is 1. The normalized spacial score (nSPS) is 14.2. The van der Waals surface area contributed by atoms with Gasteiger partial charge in [-0.15, -0.1) is 0 Å². The van der Waals surface area contributed by atoms with Gasteiger partial charge in [-0.05, 0) is 18.1 Å². The molecule has 0 unspecified atom stereocenters. The van der Waals surface area contributed by atoms with Gasteiger partial charge in [-0.1, -0.05) is 6.07 Å². The highest BCUT2D eigenvalue weighted by molar-refractivity contribution is 5.94. The lowest BCUT2D eigenvalue weighted by Gasteiger charge is -2.17. The van der Waals surface area contributed by atoms with Crippen LogP contribution < -0.4 is 10.1 Å². The predicted octanol–water partition coefficient (Wildman–Crippen LogP) is 1.60. The highest BCUT2D eigenvalue weighted by atomic mass is 16.5.